The lowest BCUT2D eigenvalue weighted by Gasteiger charge is -2.39. The number of hydrogen-bond acceptors (Lipinski definition) is 3. The molecule has 0 bridgehead atoms. The van der Waals surface area contributed by atoms with Crippen LogP contribution in [-0.4, -0.2) is 45.4 Å². The van der Waals surface area contributed by atoms with E-state index < -0.39 is 12.3 Å². The number of hydrogen-bond donors (Lipinski definition) is 1. The molecule has 1 N–H and O–H groups in total. The molecule has 1 aliphatic rings. The highest BCUT2D eigenvalue weighted by atomic mass is 19.3. The van der Waals surface area contributed by atoms with Gasteiger partial charge in [-0.2, -0.15) is 5.10 Å². The van der Waals surface area contributed by atoms with Gasteiger partial charge in [0, 0.05) is 31.2 Å². The molecule has 1 aliphatic heterocycles. The van der Waals surface area contributed by atoms with E-state index in [9.17, 15) is 18.7 Å². The number of carbonyl (C=O) groups excluding carboxylic acids is 1. The molecule has 23 heavy (non-hydrogen) atoms. The van der Waals surface area contributed by atoms with Crippen LogP contribution in [0.5, 0.6) is 0 Å². The van der Waals surface area contributed by atoms with E-state index >= 15 is 0 Å². The number of aromatic nitrogens is 2. The molecule has 1 aromatic rings. The van der Waals surface area contributed by atoms with Crippen LogP contribution in [0.25, 0.3) is 0 Å². The first-order valence-corrected chi connectivity index (χ1v) is 8.01. The summed E-state index contributed by atoms with van der Waals surface area (Å²) in [7, 11) is 0. The Morgan fingerprint density at radius 3 is 2.74 bits per heavy atom. The van der Waals surface area contributed by atoms with Crippen molar-refractivity contribution in [2.75, 3.05) is 19.7 Å². The second kappa shape index (κ2) is 6.95. The molecule has 2 heterocycles. The first-order valence-electron chi connectivity index (χ1n) is 8.01. The van der Waals surface area contributed by atoms with Gasteiger partial charge in [-0.1, -0.05) is 20.8 Å². The Hall–Kier alpha value is -1.50. The normalized spacial score (nSPS) is 22.2. The second-order valence-corrected chi connectivity index (χ2v) is 7.15. The fourth-order valence-electron chi connectivity index (χ4n) is 3.00. The molecular weight excluding hydrogens is 304 g/mol. The first kappa shape index (κ1) is 17.8. The second-order valence-electron chi connectivity index (χ2n) is 7.15. The smallest absolute Gasteiger partial charge is 0.274 e. The van der Waals surface area contributed by atoms with Crippen molar-refractivity contribution < 1.29 is 18.7 Å². The van der Waals surface area contributed by atoms with Crippen molar-refractivity contribution in [3.63, 3.8) is 0 Å². The maximum atomic E-state index is 13.3. The summed E-state index contributed by atoms with van der Waals surface area (Å²) in [4.78, 5) is 14.2. The quantitative estimate of drug-likeness (QED) is 0.903. The minimum absolute atomic E-state index is 0.0275. The maximum Gasteiger partial charge on any atom is 0.274 e. The number of alkyl halides is 2. The predicted octanol–water partition coefficient (Wildman–Crippen LogP) is 2.71. The van der Waals surface area contributed by atoms with Crippen molar-refractivity contribution in [3.8, 4) is 0 Å². The van der Waals surface area contributed by atoms with Gasteiger partial charge >= 0.3 is 0 Å². The van der Waals surface area contributed by atoms with E-state index in [1.54, 1.807) is 0 Å². The van der Waals surface area contributed by atoms with Gasteiger partial charge in [-0.15, -0.1) is 0 Å². The van der Waals surface area contributed by atoms with Gasteiger partial charge in [0.05, 0.1) is 12.2 Å². The third kappa shape index (κ3) is 4.07. The summed E-state index contributed by atoms with van der Waals surface area (Å²) in [6.45, 7) is 7.15. The van der Waals surface area contributed by atoms with Crippen LogP contribution in [0.2, 0.25) is 0 Å². The monoisotopic (exact) mass is 329 g/mol. The Morgan fingerprint density at radius 1 is 1.48 bits per heavy atom. The zero-order valence-corrected chi connectivity index (χ0v) is 13.9. The van der Waals surface area contributed by atoms with Crippen LogP contribution in [-0.2, 0) is 6.54 Å². The zero-order chi connectivity index (χ0) is 17.2. The molecule has 130 valence electrons. The number of nitrogens with zero attached hydrogens (tertiary/aromatic N) is 3. The third-order valence-electron chi connectivity index (χ3n) is 4.23. The van der Waals surface area contributed by atoms with Crippen molar-refractivity contribution in [2.45, 2.75) is 46.6 Å². The highest BCUT2D eigenvalue weighted by Crippen LogP contribution is 2.31. The van der Waals surface area contributed by atoms with Gasteiger partial charge in [-0.05, 0) is 18.8 Å². The summed E-state index contributed by atoms with van der Waals surface area (Å²) in [5.41, 5.74) is -0.853. The average Bonchev–Trinajstić information content (AvgIpc) is 2.89. The van der Waals surface area contributed by atoms with Crippen LogP contribution < -0.4 is 0 Å². The van der Waals surface area contributed by atoms with Crippen LogP contribution >= 0.6 is 0 Å². The number of halogens is 2. The molecule has 0 spiro atoms. The fraction of sp³-hybridized carbons (Fsp3) is 0.750. The van der Waals surface area contributed by atoms with Crippen LogP contribution in [0.3, 0.4) is 0 Å². The Bertz CT molecular complexity index is 560. The lowest BCUT2D eigenvalue weighted by Crippen LogP contribution is -2.46. The average molecular weight is 329 g/mol. The number of aliphatic hydroxyl groups is 1. The van der Waals surface area contributed by atoms with Crippen LogP contribution in [0.15, 0.2) is 6.20 Å². The number of likely N-dealkylation sites (tertiary alicyclic amines) is 1. The number of rotatable bonds is 5. The summed E-state index contributed by atoms with van der Waals surface area (Å²) >= 11 is 0. The van der Waals surface area contributed by atoms with Gasteiger partial charge in [0.25, 0.3) is 12.3 Å². The number of carbonyl (C=O) groups is 1. The van der Waals surface area contributed by atoms with Crippen molar-refractivity contribution in [1.29, 1.82) is 0 Å². The van der Waals surface area contributed by atoms with E-state index in [4.69, 9.17) is 0 Å². The number of piperidine rings is 1. The van der Waals surface area contributed by atoms with Gasteiger partial charge < -0.3 is 10.0 Å². The Kier molecular flexibility index (Phi) is 5.39. The summed E-state index contributed by atoms with van der Waals surface area (Å²) in [5.74, 6) is -0.224. The molecule has 0 aromatic carbocycles. The summed E-state index contributed by atoms with van der Waals surface area (Å²) in [5, 5.41) is 13.6. The van der Waals surface area contributed by atoms with Crippen molar-refractivity contribution in [2.24, 2.45) is 11.3 Å². The molecule has 1 unspecified atom stereocenters. The van der Waals surface area contributed by atoms with E-state index in [0.717, 1.165) is 12.8 Å². The Balaban J connectivity index is 2.25. The van der Waals surface area contributed by atoms with E-state index in [0.29, 0.717) is 19.6 Å². The largest absolute Gasteiger partial charge is 0.396 e. The van der Waals surface area contributed by atoms with E-state index in [1.165, 1.54) is 15.8 Å². The van der Waals surface area contributed by atoms with E-state index in [2.05, 4.69) is 5.10 Å². The topological polar surface area (TPSA) is 58.4 Å². The van der Waals surface area contributed by atoms with E-state index in [1.807, 2.05) is 20.8 Å². The summed E-state index contributed by atoms with van der Waals surface area (Å²) < 4.78 is 27.9. The summed E-state index contributed by atoms with van der Waals surface area (Å²) in [6, 6.07) is 0. The molecule has 0 radical (unpaired) electrons. The highest BCUT2D eigenvalue weighted by molar-refractivity contribution is 5.93. The SMILES string of the molecule is CC(C)Cn1cc(C(F)F)c(C(=O)N2CCCC(C)(CO)C2)n1. The van der Waals surface area contributed by atoms with Crippen molar-refractivity contribution in [3.05, 3.63) is 17.5 Å². The van der Waals surface area contributed by atoms with Gasteiger partial charge in [0.1, 0.15) is 0 Å². The minimum Gasteiger partial charge on any atom is -0.396 e. The molecular formula is C16H25F2N3O2. The molecule has 1 amide bonds. The lowest BCUT2D eigenvalue weighted by molar-refractivity contribution is 0.0347. The fourth-order valence-corrected chi connectivity index (χ4v) is 3.00. The third-order valence-corrected chi connectivity index (χ3v) is 4.23. The van der Waals surface area contributed by atoms with Gasteiger partial charge in [0.15, 0.2) is 5.69 Å². The maximum absolute atomic E-state index is 13.3. The molecule has 1 saturated heterocycles. The van der Waals surface area contributed by atoms with Gasteiger partial charge in [-0.3, -0.25) is 9.48 Å². The van der Waals surface area contributed by atoms with Crippen molar-refractivity contribution >= 4 is 5.91 Å². The molecule has 1 atom stereocenters. The Labute approximate surface area is 135 Å². The molecule has 0 saturated carbocycles. The molecule has 5 nitrogen and oxygen atoms in total. The van der Waals surface area contributed by atoms with Crippen LogP contribution in [0, 0.1) is 11.3 Å². The van der Waals surface area contributed by atoms with Gasteiger partial charge in [0.2, 0.25) is 0 Å². The minimum atomic E-state index is -2.73. The molecule has 2 rings (SSSR count). The molecule has 7 heteroatoms. The number of aliphatic hydroxyl groups excluding tert-OH is 1. The first-order chi connectivity index (χ1) is 10.8. The summed E-state index contributed by atoms with van der Waals surface area (Å²) in [6.07, 6.45) is 0.104. The van der Waals surface area contributed by atoms with Crippen LogP contribution in [0.1, 0.15) is 56.1 Å². The highest BCUT2D eigenvalue weighted by Gasteiger charge is 2.35. The van der Waals surface area contributed by atoms with Crippen molar-refractivity contribution in [1.82, 2.24) is 14.7 Å². The predicted molar refractivity (Wildman–Crippen MR) is 82.4 cm³/mol. The lowest BCUT2D eigenvalue weighted by atomic mass is 9.82. The van der Waals surface area contributed by atoms with E-state index in [-0.39, 0.29) is 29.2 Å². The van der Waals surface area contributed by atoms with Crippen LogP contribution in [0.4, 0.5) is 8.78 Å². The van der Waals surface area contributed by atoms with Gasteiger partial charge in [-0.25, -0.2) is 8.78 Å². The molecule has 1 aromatic heterocycles. The standard InChI is InChI=1S/C16H25F2N3O2/c1-11(2)7-21-8-12(14(17)18)13(19-21)15(23)20-6-4-5-16(3,9-20)10-22/h8,11,14,22H,4-7,9-10H2,1-3H3. The zero-order valence-electron chi connectivity index (χ0n) is 13.9. The Morgan fingerprint density at radius 2 is 2.17 bits per heavy atom. The molecule has 1 fully saturated rings. The number of amides is 1. The molecule has 0 aliphatic carbocycles.